The first kappa shape index (κ1) is 18.9. The lowest BCUT2D eigenvalue weighted by molar-refractivity contribution is -0.134. The first-order valence-corrected chi connectivity index (χ1v) is 7.95. The molecule has 1 aliphatic heterocycles. The molecule has 0 aliphatic carbocycles. The minimum atomic E-state index is -1.26. The van der Waals surface area contributed by atoms with Crippen LogP contribution in [0, 0.1) is 0 Å². The predicted molar refractivity (Wildman–Crippen MR) is 93.5 cm³/mol. The molecule has 2 heterocycles. The molecular formula is C15H16BrN5O4. The molecule has 3 rings (SSSR count). The van der Waals surface area contributed by atoms with E-state index >= 15 is 0 Å². The fourth-order valence-electron chi connectivity index (χ4n) is 2.22. The van der Waals surface area contributed by atoms with Gasteiger partial charge >= 0.3 is 11.9 Å². The lowest BCUT2D eigenvalue weighted by atomic mass is 10.1. The second-order valence-electron chi connectivity index (χ2n) is 5.02. The minimum absolute atomic E-state index is 0.558. The van der Waals surface area contributed by atoms with Crippen LogP contribution < -0.4 is 16.4 Å². The standard InChI is InChI=1S/C11H12BrN5.C4H4O4/c12-9-7(11(13)16-5-6-17-11)1-2-8-10(9)15-4-3-14-8;5-3(6)1-2-4(7)8/h1-4,16-17H,5-6,13H2;1-2H,(H,5,6)(H,7,8)/b;2-1+. The van der Waals surface area contributed by atoms with Crippen LogP contribution in [0.1, 0.15) is 5.56 Å². The van der Waals surface area contributed by atoms with Crippen LogP contribution in [0.5, 0.6) is 0 Å². The summed E-state index contributed by atoms with van der Waals surface area (Å²) in [7, 11) is 0. The second kappa shape index (κ2) is 8.12. The Bertz CT molecular complexity index is 805. The van der Waals surface area contributed by atoms with Crippen molar-refractivity contribution in [3.63, 3.8) is 0 Å². The summed E-state index contributed by atoms with van der Waals surface area (Å²) in [6.07, 6.45) is 4.47. The van der Waals surface area contributed by atoms with Crippen LogP contribution in [0.25, 0.3) is 11.0 Å². The molecule has 0 radical (unpaired) electrons. The first-order valence-electron chi connectivity index (χ1n) is 7.16. The van der Waals surface area contributed by atoms with Crippen molar-refractivity contribution in [1.29, 1.82) is 0 Å². The van der Waals surface area contributed by atoms with Gasteiger partial charge in [0.2, 0.25) is 0 Å². The van der Waals surface area contributed by atoms with Crippen molar-refractivity contribution in [3.8, 4) is 0 Å². The number of nitrogens with two attached hydrogens (primary N) is 1. The largest absolute Gasteiger partial charge is 0.478 e. The Morgan fingerprint density at radius 1 is 1.12 bits per heavy atom. The average molecular weight is 410 g/mol. The molecule has 0 atom stereocenters. The SMILES string of the molecule is NC1(c2ccc3nccnc3c2Br)NCCN1.O=C(O)/C=C/C(=O)O. The van der Waals surface area contributed by atoms with Gasteiger partial charge in [0.05, 0.1) is 9.99 Å². The molecule has 132 valence electrons. The van der Waals surface area contributed by atoms with E-state index in [4.69, 9.17) is 15.9 Å². The monoisotopic (exact) mass is 409 g/mol. The highest BCUT2D eigenvalue weighted by Crippen LogP contribution is 2.30. The molecule has 0 amide bonds. The molecule has 0 bridgehead atoms. The highest BCUT2D eigenvalue weighted by Gasteiger charge is 2.32. The van der Waals surface area contributed by atoms with Crippen LogP contribution in [0.15, 0.2) is 41.2 Å². The molecule has 9 nitrogen and oxygen atoms in total. The fraction of sp³-hybridized carbons (Fsp3) is 0.200. The molecule has 2 aromatic rings. The van der Waals surface area contributed by atoms with E-state index in [-0.39, 0.29) is 0 Å². The summed E-state index contributed by atoms with van der Waals surface area (Å²) in [5.74, 6) is -3.20. The second-order valence-corrected chi connectivity index (χ2v) is 5.82. The summed E-state index contributed by atoms with van der Waals surface area (Å²) in [5.41, 5.74) is 8.90. The Morgan fingerprint density at radius 3 is 2.24 bits per heavy atom. The summed E-state index contributed by atoms with van der Waals surface area (Å²) in [4.78, 5) is 27.7. The zero-order valence-electron chi connectivity index (χ0n) is 12.9. The van der Waals surface area contributed by atoms with E-state index in [2.05, 4.69) is 36.5 Å². The highest BCUT2D eigenvalue weighted by atomic mass is 79.9. The third kappa shape index (κ3) is 4.79. The third-order valence-corrected chi connectivity index (χ3v) is 4.11. The van der Waals surface area contributed by atoms with E-state index in [9.17, 15) is 9.59 Å². The van der Waals surface area contributed by atoms with Gasteiger partial charge in [-0.15, -0.1) is 0 Å². The quantitative estimate of drug-likeness (QED) is 0.452. The average Bonchev–Trinajstić information content (AvgIpc) is 3.01. The van der Waals surface area contributed by atoms with Gasteiger partial charge in [0.1, 0.15) is 11.3 Å². The Labute approximate surface area is 151 Å². The maximum absolute atomic E-state index is 9.55. The zero-order valence-corrected chi connectivity index (χ0v) is 14.5. The van der Waals surface area contributed by atoms with Crippen LogP contribution in [-0.2, 0) is 15.4 Å². The molecule has 1 saturated heterocycles. The van der Waals surface area contributed by atoms with Gasteiger partial charge < -0.3 is 10.2 Å². The fourth-order valence-corrected chi connectivity index (χ4v) is 2.97. The number of nitrogens with zero attached hydrogens (tertiary/aromatic N) is 2. The van der Waals surface area contributed by atoms with Gasteiger partial charge in [-0.05, 0) is 22.0 Å². The summed E-state index contributed by atoms with van der Waals surface area (Å²) in [6.45, 7) is 1.70. The number of nitrogens with one attached hydrogen (secondary N) is 2. The van der Waals surface area contributed by atoms with Crippen molar-refractivity contribution < 1.29 is 19.8 Å². The number of aliphatic carboxylic acids is 2. The van der Waals surface area contributed by atoms with Crippen LogP contribution in [0.2, 0.25) is 0 Å². The minimum Gasteiger partial charge on any atom is -0.478 e. The molecule has 6 N–H and O–H groups in total. The van der Waals surface area contributed by atoms with E-state index in [1.165, 1.54) is 0 Å². The number of carbonyl (C=O) groups is 2. The van der Waals surface area contributed by atoms with E-state index < -0.39 is 17.7 Å². The molecular weight excluding hydrogens is 394 g/mol. The van der Waals surface area contributed by atoms with E-state index in [1.54, 1.807) is 12.4 Å². The van der Waals surface area contributed by atoms with Gasteiger partial charge in [-0.3, -0.25) is 26.3 Å². The van der Waals surface area contributed by atoms with Crippen LogP contribution in [0.4, 0.5) is 0 Å². The van der Waals surface area contributed by atoms with Crippen LogP contribution in [-0.4, -0.2) is 45.2 Å². The number of fused-ring (bicyclic) bond motifs is 1. The highest BCUT2D eigenvalue weighted by molar-refractivity contribution is 9.10. The normalized spacial score (nSPS) is 15.8. The Kier molecular flexibility index (Phi) is 6.15. The van der Waals surface area contributed by atoms with Gasteiger partial charge in [0.15, 0.2) is 0 Å². The van der Waals surface area contributed by atoms with Crippen molar-refractivity contribution in [2.75, 3.05) is 13.1 Å². The first-order chi connectivity index (χ1) is 11.8. The number of hydrogen-bond acceptors (Lipinski definition) is 7. The Morgan fingerprint density at radius 2 is 1.68 bits per heavy atom. The number of aromatic nitrogens is 2. The summed E-state index contributed by atoms with van der Waals surface area (Å²) >= 11 is 3.56. The molecule has 25 heavy (non-hydrogen) atoms. The number of benzene rings is 1. The summed E-state index contributed by atoms with van der Waals surface area (Å²) < 4.78 is 0.882. The van der Waals surface area contributed by atoms with Crippen molar-refractivity contribution >= 4 is 38.9 Å². The Balaban J connectivity index is 0.000000242. The summed E-state index contributed by atoms with van der Waals surface area (Å²) in [6, 6.07) is 3.89. The van der Waals surface area contributed by atoms with Crippen molar-refractivity contribution in [2.24, 2.45) is 5.73 Å². The smallest absolute Gasteiger partial charge is 0.328 e. The van der Waals surface area contributed by atoms with Gasteiger partial charge in [-0.1, -0.05) is 6.07 Å². The maximum atomic E-state index is 9.55. The third-order valence-electron chi connectivity index (χ3n) is 3.30. The molecule has 0 unspecified atom stereocenters. The lowest BCUT2D eigenvalue weighted by Crippen LogP contribution is -2.54. The van der Waals surface area contributed by atoms with Crippen LogP contribution >= 0.6 is 15.9 Å². The van der Waals surface area contributed by atoms with E-state index in [1.807, 2.05) is 12.1 Å². The van der Waals surface area contributed by atoms with Gasteiger partial charge in [-0.2, -0.15) is 0 Å². The van der Waals surface area contributed by atoms with Gasteiger partial charge in [0.25, 0.3) is 0 Å². The van der Waals surface area contributed by atoms with Crippen molar-refractivity contribution in [1.82, 2.24) is 20.6 Å². The number of halogens is 1. The van der Waals surface area contributed by atoms with Crippen molar-refractivity contribution in [2.45, 2.75) is 5.79 Å². The predicted octanol–water partition coefficient (Wildman–Crippen LogP) is 0.366. The summed E-state index contributed by atoms with van der Waals surface area (Å²) in [5, 5.41) is 22.1. The molecule has 1 aliphatic rings. The topological polar surface area (TPSA) is 150 Å². The molecule has 1 fully saturated rings. The van der Waals surface area contributed by atoms with Gasteiger partial charge in [0, 0.05) is 43.2 Å². The Hall–Kier alpha value is -2.40. The van der Waals surface area contributed by atoms with Crippen molar-refractivity contribution in [3.05, 3.63) is 46.7 Å². The number of rotatable bonds is 3. The molecule has 10 heteroatoms. The number of carboxylic acids is 2. The molecule has 1 aromatic heterocycles. The molecule has 0 saturated carbocycles. The number of hydrogen-bond donors (Lipinski definition) is 5. The zero-order chi connectivity index (χ0) is 18.4. The molecule has 1 aromatic carbocycles. The number of carboxylic acid groups (broad SMARTS) is 2. The maximum Gasteiger partial charge on any atom is 0.328 e. The molecule has 0 spiro atoms. The van der Waals surface area contributed by atoms with E-state index in [0.29, 0.717) is 12.2 Å². The van der Waals surface area contributed by atoms with Gasteiger partial charge in [-0.25, -0.2) is 9.59 Å². The van der Waals surface area contributed by atoms with E-state index in [0.717, 1.165) is 34.2 Å². The lowest BCUT2D eigenvalue weighted by Gasteiger charge is -2.26. The van der Waals surface area contributed by atoms with Crippen LogP contribution in [0.3, 0.4) is 0 Å².